The number of anilines is 1. The van der Waals surface area contributed by atoms with Crippen LogP contribution in [-0.2, 0) is 10.5 Å². The number of rotatable bonds is 5. The van der Waals surface area contributed by atoms with Crippen LogP contribution in [-0.4, -0.2) is 16.8 Å². The molecular formula is C14H14F2N2O2S. The Balaban J connectivity index is 1.84. The second-order valence-corrected chi connectivity index (χ2v) is 5.46. The maximum atomic E-state index is 13.0. The van der Waals surface area contributed by atoms with Crippen molar-refractivity contribution in [3.63, 3.8) is 0 Å². The van der Waals surface area contributed by atoms with Gasteiger partial charge in [0.25, 0.3) is 0 Å². The Hall–Kier alpha value is -1.89. The summed E-state index contributed by atoms with van der Waals surface area (Å²) in [5.41, 5.74) is 2.01. The van der Waals surface area contributed by atoms with Crippen LogP contribution in [0.4, 0.5) is 14.5 Å². The molecule has 1 amide bonds. The minimum Gasteiger partial charge on any atom is -0.361 e. The van der Waals surface area contributed by atoms with Crippen molar-refractivity contribution in [2.45, 2.75) is 19.6 Å². The van der Waals surface area contributed by atoms with Crippen molar-refractivity contribution in [3.8, 4) is 0 Å². The van der Waals surface area contributed by atoms with Gasteiger partial charge in [-0.2, -0.15) is 0 Å². The third kappa shape index (κ3) is 4.04. The fraction of sp³-hybridized carbons (Fsp3) is 0.286. The van der Waals surface area contributed by atoms with E-state index in [1.807, 2.05) is 13.8 Å². The van der Waals surface area contributed by atoms with Crippen molar-refractivity contribution < 1.29 is 18.1 Å². The van der Waals surface area contributed by atoms with E-state index in [9.17, 15) is 13.6 Å². The Morgan fingerprint density at radius 1 is 1.33 bits per heavy atom. The summed E-state index contributed by atoms with van der Waals surface area (Å²) in [5, 5.41) is 6.35. The molecule has 4 nitrogen and oxygen atoms in total. The van der Waals surface area contributed by atoms with Gasteiger partial charge in [0.1, 0.15) is 5.76 Å². The summed E-state index contributed by atoms with van der Waals surface area (Å²) < 4.78 is 30.8. The molecule has 0 fully saturated rings. The molecule has 0 aliphatic rings. The van der Waals surface area contributed by atoms with Crippen LogP contribution in [0.3, 0.4) is 0 Å². The van der Waals surface area contributed by atoms with Crippen LogP contribution < -0.4 is 5.32 Å². The Morgan fingerprint density at radius 3 is 2.71 bits per heavy atom. The fourth-order valence-corrected chi connectivity index (χ4v) is 2.70. The van der Waals surface area contributed by atoms with Gasteiger partial charge < -0.3 is 9.84 Å². The molecular weight excluding hydrogens is 298 g/mol. The molecule has 0 atom stereocenters. The van der Waals surface area contributed by atoms with Gasteiger partial charge in [-0.15, -0.1) is 11.8 Å². The van der Waals surface area contributed by atoms with Crippen molar-refractivity contribution in [3.05, 3.63) is 46.9 Å². The van der Waals surface area contributed by atoms with E-state index in [-0.39, 0.29) is 17.3 Å². The number of carbonyl (C=O) groups excluding carboxylic acids is 1. The molecule has 1 aromatic heterocycles. The largest absolute Gasteiger partial charge is 0.361 e. The first-order chi connectivity index (χ1) is 9.97. The Labute approximate surface area is 124 Å². The van der Waals surface area contributed by atoms with Crippen molar-refractivity contribution in [2.24, 2.45) is 0 Å². The van der Waals surface area contributed by atoms with Crippen LogP contribution in [0.15, 0.2) is 22.7 Å². The zero-order valence-corrected chi connectivity index (χ0v) is 12.4. The van der Waals surface area contributed by atoms with Crippen LogP contribution in [0.2, 0.25) is 0 Å². The number of thioether (sulfide) groups is 1. The highest BCUT2D eigenvalue weighted by atomic mass is 32.2. The van der Waals surface area contributed by atoms with Gasteiger partial charge in [0.2, 0.25) is 5.91 Å². The number of nitrogens with one attached hydrogen (secondary N) is 1. The summed E-state index contributed by atoms with van der Waals surface area (Å²) in [6, 6.07) is 3.24. The minimum absolute atomic E-state index is 0.197. The molecule has 7 heteroatoms. The second-order valence-electron chi connectivity index (χ2n) is 4.47. The average Bonchev–Trinajstić information content (AvgIpc) is 2.74. The van der Waals surface area contributed by atoms with Gasteiger partial charge in [-0.25, -0.2) is 8.78 Å². The van der Waals surface area contributed by atoms with Crippen molar-refractivity contribution in [1.82, 2.24) is 5.16 Å². The molecule has 0 aliphatic heterocycles. The molecule has 21 heavy (non-hydrogen) atoms. The molecule has 1 N–H and O–H groups in total. The van der Waals surface area contributed by atoms with E-state index in [1.54, 1.807) is 0 Å². The van der Waals surface area contributed by atoms with E-state index >= 15 is 0 Å². The number of amides is 1. The predicted octanol–water partition coefficient (Wildman–Crippen LogP) is 3.44. The molecule has 0 saturated carbocycles. The second kappa shape index (κ2) is 6.71. The molecule has 2 rings (SSSR count). The Bertz CT molecular complexity index is 639. The van der Waals surface area contributed by atoms with Gasteiger partial charge in [-0.1, -0.05) is 5.16 Å². The highest BCUT2D eigenvalue weighted by molar-refractivity contribution is 7.99. The summed E-state index contributed by atoms with van der Waals surface area (Å²) in [5.74, 6) is -0.675. The summed E-state index contributed by atoms with van der Waals surface area (Å²) >= 11 is 1.39. The van der Waals surface area contributed by atoms with Crippen LogP contribution in [0.1, 0.15) is 17.0 Å². The molecule has 1 aromatic carbocycles. The van der Waals surface area contributed by atoms with Crippen LogP contribution >= 0.6 is 11.8 Å². The molecule has 0 aliphatic carbocycles. The van der Waals surface area contributed by atoms with E-state index in [0.717, 1.165) is 29.2 Å². The topological polar surface area (TPSA) is 55.1 Å². The smallest absolute Gasteiger partial charge is 0.234 e. The average molecular weight is 312 g/mol. The molecule has 0 unspecified atom stereocenters. The van der Waals surface area contributed by atoms with Gasteiger partial charge in [-0.05, 0) is 26.0 Å². The number of aromatic nitrogens is 1. The van der Waals surface area contributed by atoms with Crippen LogP contribution in [0, 0.1) is 25.5 Å². The summed E-state index contributed by atoms with van der Waals surface area (Å²) in [6.07, 6.45) is 0. The van der Waals surface area contributed by atoms with Crippen molar-refractivity contribution in [2.75, 3.05) is 11.1 Å². The van der Waals surface area contributed by atoms with Gasteiger partial charge >= 0.3 is 0 Å². The lowest BCUT2D eigenvalue weighted by atomic mass is 10.2. The first-order valence-corrected chi connectivity index (χ1v) is 7.37. The van der Waals surface area contributed by atoms with Gasteiger partial charge in [0.05, 0.1) is 11.4 Å². The highest BCUT2D eigenvalue weighted by Gasteiger charge is 2.11. The lowest BCUT2D eigenvalue weighted by Gasteiger charge is -2.05. The Morgan fingerprint density at radius 2 is 2.10 bits per heavy atom. The molecule has 2 aromatic rings. The number of hydrogen-bond acceptors (Lipinski definition) is 4. The predicted molar refractivity (Wildman–Crippen MR) is 77.1 cm³/mol. The Kier molecular flexibility index (Phi) is 4.95. The number of aryl methyl sites for hydroxylation is 2. The first kappa shape index (κ1) is 15.5. The van der Waals surface area contributed by atoms with Crippen LogP contribution in [0.25, 0.3) is 0 Å². The molecule has 1 heterocycles. The van der Waals surface area contributed by atoms with Gasteiger partial charge in [0, 0.05) is 23.1 Å². The summed E-state index contributed by atoms with van der Waals surface area (Å²) in [7, 11) is 0. The number of carbonyl (C=O) groups is 1. The maximum Gasteiger partial charge on any atom is 0.234 e. The summed E-state index contributed by atoms with van der Waals surface area (Å²) in [4.78, 5) is 11.7. The lowest BCUT2D eigenvalue weighted by Crippen LogP contribution is -2.14. The SMILES string of the molecule is Cc1noc(C)c1CSCC(=O)Nc1ccc(F)c(F)c1. The van der Waals surface area contributed by atoms with E-state index < -0.39 is 11.6 Å². The third-order valence-electron chi connectivity index (χ3n) is 2.86. The highest BCUT2D eigenvalue weighted by Crippen LogP contribution is 2.20. The zero-order chi connectivity index (χ0) is 15.4. The molecule has 0 bridgehead atoms. The van der Waals surface area contributed by atoms with Crippen molar-refractivity contribution in [1.29, 1.82) is 0 Å². The van der Waals surface area contributed by atoms with Gasteiger partial charge in [-0.3, -0.25) is 4.79 Å². The van der Waals surface area contributed by atoms with Gasteiger partial charge in [0.15, 0.2) is 11.6 Å². The third-order valence-corrected chi connectivity index (χ3v) is 3.82. The number of nitrogens with zero attached hydrogens (tertiary/aromatic N) is 1. The quantitative estimate of drug-likeness (QED) is 0.919. The summed E-state index contributed by atoms with van der Waals surface area (Å²) in [6.45, 7) is 3.66. The number of hydrogen-bond donors (Lipinski definition) is 1. The molecule has 0 spiro atoms. The number of halogens is 2. The van der Waals surface area contributed by atoms with Crippen molar-refractivity contribution >= 4 is 23.4 Å². The van der Waals surface area contributed by atoms with E-state index in [2.05, 4.69) is 10.5 Å². The molecule has 0 radical (unpaired) electrons. The molecule has 112 valence electrons. The fourth-order valence-electron chi connectivity index (χ4n) is 1.72. The normalized spacial score (nSPS) is 10.7. The van der Waals surface area contributed by atoms with E-state index in [1.165, 1.54) is 17.8 Å². The first-order valence-electron chi connectivity index (χ1n) is 6.21. The molecule has 0 saturated heterocycles. The lowest BCUT2D eigenvalue weighted by molar-refractivity contribution is -0.113. The standard InChI is InChI=1S/C14H14F2N2O2S/c1-8-11(9(2)20-18-8)6-21-7-14(19)17-10-3-4-12(15)13(16)5-10/h3-5H,6-7H2,1-2H3,(H,17,19). The number of benzene rings is 1. The van der Waals surface area contributed by atoms with Crippen LogP contribution in [0.5, 0.6) is 0 Å². The monoisotopic (exact) mass is 312 g/mol. The van der Waals surface area contributed by atoms with E-state index in [0.29, 0.717) is 5.75 Å². The minimum atomic E-state index is -0.990. The maximum absolute atomic E-state index is 13.0. The van der Waals surface area contributed by atoms with E-state index in [4.69, 9.17) is 4.52 Å². The zero-order valence-electron chi connectivity index (χ0n) is 11.6.